The van der Waals surface area contributed by atoms with Gasteiger partial charge in [-0.2, -0.15) is 0 Å². The molecule has 28 heavy (non-hydrogen) atoms. The Labute approximate surface area is 157 Å². The Morgan fingerprint density at radius 2 is 1.89 bits per heavy atom. The number of fused-ring (bicyclic) bond motifs is 1. The molecule has 0 radical (unpaired) electrons. The number of amides is 2. The molecule has 0 aromatic heterocycles. The number of hydrogen-bond donors (Lipinski definition) is 0. The standard InChI is InChI=1S/C18H12FN3O6/c1-27-13-7-6-11(22(25)26)8-12(13)21-17(23)14-15(20-28-16(14)18(21)24)9-2-4-10(19)5-3-9/h2-8,14,16H,1H3/t14-,16+/m0/s1. The number of benzene rings is 2. The maximum atomic E-state index is 13.2. The third-order valence-corrected chi connectivity index (χ3v) is 4.57. The molecule has 9 nitrogen and oxygen atoms in total. The van der Waals surface area contributed by atoms with Gasteiger partial charge in [0.1, 0.15) is 28.9 Å². The van der Waals surface area contributed by atoms with E-state index >= 15 is 0 Å². The van der Waals surface area contributed by atoms with Gasteiger partial charge in [-0.05, 0) is 18.2 Å². The lowest BCUT2D eigenvalue weighted by molar-refractivity contribution is -0.384. The number of methoxy groups -OCH3 is 1. The molecule has 0 bridgehead atoms. The smallest absolute Gasteiger partial charge is 0.279 e. The van der Waals surface area contributed by atoms with Gasteiger partial charge in [-0.3, -0.25) is 19.7 Å². The summed E-state index contributed by atoms with van der Waals surface area (Å²) in [6, 6.07) is 8.85. The zero-order chi connectivity index (χ0) is 20.0. The molecule has 0 saturated carbocycles. The van der Waals surface area contributed by atoms with Crippen LogP contribution in [-0.4, -0.2) is 35.7 Å². The molecule has 142 valence electrons. The normalized spacial score (nSPS) is 20.6. The van der Waals surface area contributed by atoms with Gasteiger partial charge in [-0.25, -0.2) is 9.29 Å². The predicted molar refractivity (Wildman–Crippen MR) is 93.4 cm³/mol. The Morgan fingerprint density at radius 1 is 1.18 bits per heavy atom. The van der Waals surface area contributed by atoms with Crippen LogP contribution in [0.1, 0.15) is 5.56 Å². The number of carbonyl (C=O) groups excluding carboxylic acids is 2. The number of imide groups is 1. The van der Waals surface area contributed by atoms with Gasteiger partial charge in [0.15, 0.2) is 0 Å². The van der Waals surface area contributed by atoms with Gasteiger partial charge < -0.3 is 9.57 Å². The average molecular weight is 385 g/mol. The number of hydrogen-bond acceptors (Lipinski definition) is 7. The van der Waals surface area contributed by atoms with E-state index in [4.69, 9.17) is 9.57 Å². The van der Waals surface area contributed by atoms with Crippen LogP contribution in [0.3, 0.4) is 0 Å². The van der Waals surface area contributed by atoms with Crippen LogP contribution in [-0.2, 0) is 14.4 Å². The van der Waals surface area contributed by atoms with Crippen LogP contribution in [0, 0.1) is 21.8 Å². The van der Waals surface area contributed by atoms with Crippen LogP contribution in [0.2, 0.25) is 0 Å². The Balaban J connectivity index is 1.75. The van der Waals surface area contributed by atoms with Crippen molar-refractivity contribution >= 4 is 28.9 Å². The van der Waals surface area contributed by atoms with Crippen molar-refractivity contribution in [1.82, 2.24) is 0 Å². The van der Waals surface area contributed by atoms with Crippen molar-refractivity contribution in [3.63, 3.8) is 0 Å². The van der Waals surface area contributed by atoms with E-state index in [-0.39, 0.29) is 22.8 Å². The Hall–Kier alpha value is -3.82. The number of nitro groups is 1. The summed E-state index contributed by atoms with van der Waals surface area (Å²) >= 11 is 0. The number of rotatable bonds is 4. The van der Waals surface area contributed by atoms with Crippen molar-refractivity contribution < 1.29 is 28.5 Å². The molecule has 2 aromatic carbocycles. The highest BCUT2D eigenvalue weighted by atomic mass is 19.1. The molecule has 10 heteroatoms. The summed E-state index contributed by atoms with van der Waals surface area (Å²) in [7, 11) is 1.32. The van der Waals surface area contributed by atoms with Crippen molar-refractivity contribution in [3.8, 4) is 5.75 Å². The highest BCUT2D eigenvalue weighted by Crippen LogP contribution is 2.40. The van der Waals surface area contributed by atoms with Gasteiger partial charge in [0.25, 0.3) is 11.6 Å². The van der Waals surface area contributed by atoms with Crippen LogP contribution in [0.5, 0.6) is 5.75 Å². The van der Waals surface area contributed by atoms with Crippen molar-refractivity contribution in [3.05, 3.63) is 64.0 Å². The monoisotopic (exact) mass is 385 g/mol. The molecule has 2 aliphatic rings. The second-order valence-corrected chi connectivity index (χ2v) is 6.11. The number of anilines is 1. The van der Waals surface area contributed by atoms with E-state index in [1.807, 2.05) is 0 Å². The third kappa shape index (κ3) is 2.57. The first-order chi connectivity index (χ1) is 13.4. The number of ether oxygens (including phenoxy) is 1. The summed E-state index contributed by atoms with van der Waals surface area (Å²) in [5, 5.41) is 14.9. The zero-order valence-corrected chi connectivity index (χ0v) is 14.4. The van der Waals surface area contributed by atoms with Gasteiger partial charge in [0.2, 0.25) is 12.0 Å². The SMILES string of the molecule is COc1ccc([N+](=O)[O-])cc1N1C(=O)[C@H]2C(c3ccc(F)cc3)=NO[C@H]2C1=O. The summed E-state index contributed by atoms with van der Waals surface area (Å²) in [6.07, 6.45) is -1.20. The molecule has 0 spiro atoms. The largest absolute Gasteiger partial charge is 0.495 e. The van der Waals surface area contributed by atoms with Gasteiger partial charge >= 0.3 is 0 Å². The summed E-state index contributed by atoms with van der Waals surface area (Å²) in [4.78, 5) is 42.3. The minimum absolute atomic E-state index is 0.0526. The maximum absolute atomic E-state index is 13.2. The Morgan fingerprint density at radius 3 is 2.54 bits per heavy atom. The van der Waals surface area contributed by atoms with Crippen LogP contribution in [0.15, 0.2) is 47.6 Å². The highest BCUT2D eigenvalue weighted by Gasteiger charge is 2.56. The molecular weight excluding hydrogens is 373 g/mol. The number of nitrogens with zero attached hydrogens (tertiary/aromatic N) is 3. The summed E-state index contributed by atoms with van der Waals surface area (Å²) in [5.41, 5.74) is 0.267. The number of oxime groups is 1. The van der Waals surface area contributed by atoms with Crippen LogP contribution < -0.4 is 9.64 Å². The zero-order valence-electron chi connectivity index (χ0n) is 14.4. The summed E-state index contributed by atoms with van der Waals surface area (Å²) < 4.78 is 18.3. The molecule has 2 atom stereocenters. The van der Waals surface area contributed by atoms with Crippen molar-refractivity contribution in [1.29, 1.82) is 0 Å². The first-order valence-electron chi connectivity index (χ1n) is 8.12. The molecule has 0 aliphatic carbocycles. The van der Waals surface area contributed by atoms with E-state index in [0.29, 0.717) is 5.56 Å². The average Bonchev–Trinajstić information content (AvgIpc) is 3.22. The summed E-state index contributed by atoms with van der Waals surface area (Å²) in [6.45, 7) is 0. The van der Waals surface area contributed by atoms with E-state index in [9.17, 15) is 24.1 Å². The molecular formula is C18H12FN3O6. The van der Waals surface area contributed by atoms with E-state index in [2.05, 4.69) is 5.16 Å². The third-order valence-electron chi connectivity index (χ3n) is 4.57. The molecule has 2 aromatic rings. The lowest BCUT2D eigenvalue weighted by atomic mass is 9.94. The van der Waals surface area contributed by atoms with Gasteiger partial charge in [-0.15, -0.1) is 0 Å². The lowest BCUT2D eigenvalue weighted by Gasteiger charge is -2.18. The second-order valence-electron chi connectivity index (χ2n) is 6.11. The second kappa shape index (κ2) is 6.41. The molecule has 2 amide bonds. The van der Waals surface area contributed by atoms with Crippen LogP contribution in [0.4, 0.5) is 15.8 Å². The van der Waals surface area contributed by atoms with E-state index in [1.54, 1.807) is 0 Å². The van der Waals surface area contributed by atoms with Crippen molar-refractivity contribution in [2.75, 3.05) is 12.0 Å². The Kier molecular flexibility index (Phi) is 4.03. The minimum Gasteiger partial charge on any atom is -0.495 e. The lowest BCUT2D eigenvalue weighted by Crippen LogP contribution is -2.33. The quantitative estimate of drug-likeness (QED) is 0.452. The van der Waals surface area contributed by atoms with Gasteiger partial charge in [0.05, 0.1) is 12.0 Å². The van der Waals surface area contributed by atoms with E-state index in [1.165, 1.54) is 43.5 Å². The molecule has 2 aliphatic heterocycles. The number of non-ortho nitro benzene ring substituents is 1. The fourth-order valence-electron chi connectivity index (χ4n) is 3.24. The summed E-state index contributed by atoms with van der Waals surface area (Å²) in [5.74, 6) is -2.75. The van der Waals surface area contributed by atoms with Crippen LogP contribution in [0.25, 0.3) is 0 Å². The molecule has 0 N–H and O–H groups in total. The van der Waals surface area contributed by atoms with E-state index < -0.39 is 34.6 Å². The van der Waals surface area contributed by atoms with E-state index in [0.717, 1.165) is 11.0 Å². The van der Waals surface area contributed by atoms with Gasteiger partial charge in [0, 0.05) is 17.7 Å². The Bertz CT molecular complexity index is 1040. The molecule has 4 rings (SSSR count). The molecule has 1 fully saturated rings. The first kappa shape index (κ1) is 17.6. The number of halogens is 1. The predicted octanol–water partition coefficient (Wildman–Crippen LogP) is 2.03. The number of carbonyl (C=O) groups is 2. The molecule has 1 saturated heterocycles. The fourth-order valence-corrected chi connectivity index (χ4v) is 3.24. The maximum Gasteiger partial charge on any atom is 0.279 e. The number of nitro benzene ring substituents is 1. The van der Waals surface area contributed by atoms with Crippen molar-refractivity contribution in [2.45, 2.75) is 6.10 Å². The first-order valence-corrected chi connectivity index (χ1v) is 8.12. The van der Waals surface area contributed by atoms with Crippen molar-refractivity contribution in [2.24, 2.45) is 11.1 Å². The molecule has 2 heterocycles. The molecule has 0 unspecified atom stereocenters. The fraction of sp³-hybridized carbons (Fsp3) is 0.167. The van der Waals surface area contributed by atoms with Gasteiger partial charge in [-0.1, -0.05) is 17.3 Å². The minimum atomic E-state index is -1.20. The highest BCUT2D eigenvalue weighted by molar-refractivity contribution is 6.32. The topological polar surface area (TPSA) is 111 Å². The van der Waals surface area contributed by atoms with Crippen LogP contribution >= 0.6 is 0 Å².